The number of aromatic nitrogens is 3. The molecule has 0 aliphatic heterocycles. The summed E-state index contributed by atoms with van der Waals surface area (Å²) >= 11 is 5.85. The molecule has 3 N–H and O–H groups in total. The van der Waals surface area contributed by atoms with E-state index in [1.54, 1.807) is 24.3 Å². The monoisotopic (exact) mass is 313 g/mol. The van der Waals surface area contributed by atoms with Crippen LogP contribution in [0.3, 0.4) is 0 Å². The van der Waals surface area contributed by atoms with Gasteiger partial charge in [-0.2, -0.15) is 9.97 Å². The fourth-order valence-corrected chi connectivity index (χ4v) is 1.96. The van der Waals surface area contributed by atoms with Crippen molar-refractivity contribution in [3.05, 3.63) is 70.1 Å². The highest BCUT2D eigenvalue weighted by Gasteiger charge is 2.05. The SMILES string of the molecule is O=c1nc(NNc2ccccc2)nc(-c2ccc(Cl)cc2)[nH]1. The summed E-state index contributed by atoms with van der Waals surface area (Å²) in [5, 5.41) is 0.615. The average Bonchev–Trinajstić information content (AvgIpc) is 2.54. The highest BCUT2D eigenvalue weighted by atomic mass is 35.5. The molecule has 0 saturated heterocycles. The minimum atomic E-state index is -0.489. The Kier molecular flexibility index (Phi) is 4.02. The van der Waals surface area contributed by atoms with Crippen molar-refractivity contribution in [2.45, 2.75) is 0 Å². The van der Waals surface area contributed by atoms with Crippen molar-refractivity contribution in [3.63, 3.8) is 0 Å². The summed E-state index contributed by atoms with van der Waals surface area (Å²) < 4.78 is 0. The zero-order chi connectivity index (χ0) is 15.4. The van der Waals surface area contributed by atoms with Crippen LogP contribution in [0.1, 0.15) is 0 Å². The maximum atomic E-state index is 11.7. The summed E-state index contributed by atoms with van der Waals surface area (Å²) in [6.07, 6.45) is 0. The Hall–Kier alpha value is -2.86. The van der Waals surface area contributed by atoms with Crippen molar-refractivity contribution in [1.82, 2.24) is 15.0 Å². The summed E-state index contributed by atoms with van der Waals surface area (Å²) in [4.78, 5) is 22.3. The molecule has 0 radical (unpaired) electrons. The van der Waals surface area contributed by atoms with Crippen molar-refractivity contribution in [3.8, 4) is 11.4 Å². The molecule has 0 amide bonds. The lowest BCUT2D eigenvalue weighted by Gasteiger charge is -2.08. The lowest BCUT2D eigenvalue weighted by atomic mass is 10.2. The number of H-pyrrole nitrogens is 1. The van der Waals surface area contributed by atoms with Gasteiger partial charge in [-0.25, -0.2) is 4.79 Å². The number of rotatable bonds is 4. The number of anilines is 2. The van der Waals surface area contributed by atoms with Gasteiger partial charge in [0.2, 0.25) is 5.95 Å². The van der Waals surface area contributed by atoms with E-state index in [1.165, 1.54) is 0 Å². The third-order valence-corrected chi connectivity index (χ3v) is 3.11. The van der Waals surface area contributed by atoms with E-state index in [0.717, 1.165) is 11.3 Å². The van der Waals surface area contributed by atoms with Crippen LogP contribution >= 0.6 is 11.6 Å². The van der Waals surface area contributed by atoms with E-state index in [2.05, 4.69) is 25.8 Å². The lowest BCUT2D eigenvalue weighted by Crippen LogP contribution is -2.19. The van der Waals surface area contributed by atoms with Crippen LogP contribution in [0.5, 0.6) is 0 Å². The van der Waals surface area contributed by atoms with Crippen LogP contribution in [0.15, 0.2) is 59.4 Å². The van der Waals surface area contributed by atoms with Crippen molar-refractivity contribution >= 4 is 23.2 Å². The minimum Gasteiger partial charge on any atom is -0.298 e. The normalized spacial score (nSPS) is 10.2. The Balaban J connectivity index is 1.84. The minimum absolute atomic E-state index is 0.178. The molecule has 0 saturated carbocycles. The van der Waals surface area contributed by atoms with Crippen molar-refractivity contribution in [2.24, 2.45) is 0 Å². The maximum absolute atomic E-state index is 11.7. The van der Waals surface area contributed by atoms with Gasteiger partial charge in [0.05, 0.1) is 5.69 Å². The first kappa shape index (κ1) is 14.1. The first-order valence-electron chi connectivity index (χ1n) is 6.52. The van der Waals surface area contributed by atoms with E-state index in [1.807, 2.05) is 30.3 Å². The molecule has 0 aliphatic rings. The maximum Gasteiger partial charge on any atom is 0.349 e. The summed E-state index contributed by atoms with van der Waals surface area (Å²) in [5.74, 6) is 0.589. The number of nitrogens with zero attached hydrogens (tertiary/aromatic N) is 2. The predicted molar refractivity (Wildman–Crippen MR) is 86.8 cm³/mol. The second-order valence-corrected chi connectivity index (χ2v) is 4.89. The largest absolute Gasteiger partial charge is 0.349 e. The second kappa shape index (κ2) is 6.28. The highest BCUT2D eigenvalue weighted by Crippen LogP contribution is 2.17. The topological polar surface area (TPSA) is 82.7 Å². The molecule has 22 heavy (non-hydrogen) atoms. The summed E-state index contributed by atoms with van der Waals surface area (Å²) in [6.45, 7) is 0. The third kappa shape index (κ3) is 3.42. The first-order chi connectivity index (χ1) is 10.7. The van der Waals surface area contributed by atoms with E-state index in [4.69, 9.17) is 11.6 Å². The van der Waals surface area contributed by atoms with Crippen LogP contribution in [0.4, 0.5) is 11.6 Å². The number of halogens is 1. The Morgan fingerprint density at radius 2 is 1.64 bits per heavy atom. The van der Waals surface area contributed by atoms with Gasteiger partial charge in [0.15, 0.2) is 0 Å². The number of nitrogens with one attached hydrogen (secondary N) is 3. The van der Waals surface area contributed by atoms with Crippen LogP contribution in [-0.2, 0) is 0 Å². The standard InChI is InChI=1S/C15H12ClN5O/c16-11-8-6-10(7-9-11)13-17-14(19-15(22)18-13)21-20-12-4-2-1-3-5-12/h1-9,20H,(H2,17,18,19,21,22). The molecule has 110 valence electrons. The first-order valence-corrected chi connectivity index (χ1v) is 6.90. The van der Waals surface area contributed by atoms with Gasteiger partial charge in [-0.05, 0) is 36.4 Å². The Morgan fingerprint density at radius 1 is 0.909 bits per heavy atom. The van der Waals surface area contributed by atoms with Gasteiger partial charge in [-0.3, -0.25) is 15.8 Å². The molecule has 0 aliphatic carbocycles. The van der Waals surface area contributed by atoms with Crippen LogP contribution < -0.4 is 16.5 Å². The number of aromatic amines is 1. The van der Waals surface area contributed by atoms with E-state index < -0.39 is 5.69 Å². The lowest BCUT2D eigenvalue weighted by molar-refractivity contribution is 0.994. The number of hydrogen-bond donors (Lipinski definition) is 3. The summed E-state index contributed by atoms with van der Waals surface area (Å²) in [7, 11) is 0. The van der Waals surface area contributed by atoms with Crippen LogP contribution in [0.25, 0.3) is 11.4 Å². The fourth-order valence-electron chi connectivity index (χ4n) is 1.83. The molecule has 0 fully saturated rings. The molecule has 7 heteroatoms. The van der Waals surface area contributed by atoms with Crippen LogP contribution in [0.2, 0.25) is 5.02 Å². The number of para-hydroxylation sites is 1. The molecule has 2 aromatic carbocycles. The second-order valence-electron chi connectivity index (χ2n) is 4.45. The number of hydrazine groups is 1. The quantitative estimate of drug-likeness (QED) is 0.645. The predicted octanol–water partition coefficient (Wildman–Crippen LogP) is 2.92. The smallest absolute Gasteiger partial charge is 0.298 e. The fraction of sp³-hybridized carbons (Fsp3) is 0. The molecule has 0 unspecified atom stereocenters. The molecule has 1 aromatic heterocycles. The molecule has 1 heterocycles. The Bertz CT molecular complexity index is 817. The van der Waals surface area contributed by atoms with Crippen LogP contribution in [-0.4, -0.2) is 15.0 Å². The molecule has 0 spiro atoms. The molecular weight excluding hydrogens is 302 g/mol. The van der Waals surface area contributed by atoms with Crippen molar-refractivity contribution < 1.29 is 0 Å². The molecule has 0 bridgehead atoms. The van der Waals surface area contributed by atoms with Crippen molar-refractivity contribution in [1.29, 1.82) is 0 Å². The molecule has 3 aromatic rings. The van der Waals surface area contributed by atoms with Gasteiger partial charge in [-0.1, -0.05) is 29.8 Å². The van der Waals surface area contributed by atoms with Gasteiger partial charge in [0.25, 0.3) is 0 Å². The molecule has 0 atom stereocenters. The van der Waals surface area contributed by atoms with Gasteiger partial charge in [0, 0.05) is 10.6 Å². The molecule has 6 nitrogen and oxygen atoms in total. The molecular formula is C15H12ClN5O. The highest BCUT2D eigenvalue weighted by molar-refractivity contribution is 6.30. The van der Waals surface area contributed by atoms with E-state index in [0.29, 0.717) is 10.8 Å². The van der Waals surface area contributed by atoms with Gasteiger partial charge in [-0.15, -0.1) is 0 Å². The zero-order valence-electron chi connectivity index (χ0n) is 11.4. The third-order valence-electron chi connectivity index (χ3n) is 2.86. The summed E-state index contributed by atoms with van der Waals surface area (Å²) in [6, 6.07) is 16.4. The van der Waals surface area contributed by atoms with E-state index in [9.17, 15) is 4.79 Å². The average molecular weight is 314 g/mol. The van der Waals surface area contributed by atoms with Crippen molar-refractivity contribution in [2.75, 3.05) is 10.9 Å². The van der Waals surface area contributed by atoms with Crippen LogP contribution in [0, 0.1) is 0 Å². The van der Waals surface area contributed by atoms with Gasteiger partial charge in [0.1, 0.15) is 5.82 Å². The Morgan fingerprint density at radius 3 is 2.36 bits per heavy atom. The molecule has 3 rings (SSSR count). The number of benzene rings is 2. The van der Waals surface area contributed by atoms with Gasteiger partial charge >= 0.3 is 5.69 Å². The number of hydrogen-bond acceptors (Lipinski definition) is 5. The zero-order valence-corrected chi connectivity index (χ0v) is 12.1. The van der Waals surface area contributed by atoms with Gasteiger partial charge < -0.3 is 0 Å². The summed E-state index contributed by atoms with van der Waals surface area (Å²) in [5.41, 5.74) is 6.82. The van der Waals surface area contributed by atoms with E-state index >= 15 is 0 Å². The van der Waals surface area contributed by atoms with E-state index in [-0.39, 0.29) is 5.95 Å². The Labute approximate surface area is 131 Å².